The number of aromatic nitrogens is 2. The van der Waals surface area contributed by atoms with Gasteiger partial charge in [-0.15, -0.1) is 0 Å². The number of ether oxygens (including phenoxy) is 1. The summed E-state index contributed by atoms with van der Waals surface area (Å²) in [7, 11) is 1.64. The lowest BCUT2D eigenvalue weighted by Crippen LogP contribution is -2.29. The van der Waals surface area contributed by atoms with E-state index in [0.717, 1.165) is 23.5 Å². The van der Waals surface area contributed by atoms with Crippen LogP contribution >= 0.6 is 15.9 Å². The molecule has 0 spiro atoms. The molecule has 1 fully saturated rings. The lowest BCUT2D eigenvalue weighted by Gasteiger charge is -2.21. The SMILES string of the molecule is COc1cc(C)nc(N(CCBr)C2CC2)n1. The average molecular weight is 286 g/mol. The van der Waals surface area contributed by atoms with Crippen LogP contribution in [0.15, 0.2) is 6.07 Å². The van der Waals surface area contributed by atoms with Crippen LogP contribution < -0.4 is 9.64 Å². The molecule has 1 heterocycles. The number of hydrogen-bond acceptors (Lipinski definition) is 4. The Morgan fingerprint density at radius 1 is 1.50 bits per heavy atom. The number of rotatable bonds is 5. The minimum atomic E-state index is 0.615. The Balaban J connectivity index is 2.25. The summed E-state index contributed by atoms with van der Waals surface area (Å²) in [5.74, 6) is 1.43. The first-order valence-electron chi connectivity index (χ1n) is 5.47. The van der Waals surface area contributed by atoms with Gasteiger partial charge in [0.1, 0.15) is 0 Å². The molecule has 1 aromatic rings. The van der Waals surface area contributed by atoms with Crippen molar-refractivity contribution < 1.29 is 4.74 Å². The van der Waals surface area contributed by atoms with Gasteiger partial charge < -0.3 is 9.64 Å². The molecule has 1 aromatic heterocycles. The zero-order valence-corrected chi connectivity index (χ0v) is 11.2. The van der Waals surface area contributed by atoms with Gasteiger partial charge in [-0.25, -0.2) is 4.98 Å². The highest BCUT2D eigenvalue weighted by atomic mass is 79.9. The number of halogens is 1. The maximum Gasteiger partial charge on any atom is 0.229 e. The summed E-state index contributed by atoms with van der Waals surface area (Å²) in [6.45, 7) is 2.91. The summed E-state index contributed by atoms with van der Waals surface area (Å²) in [5, 5.41) is 0.934. The average Bonchev–Trinajstić information content (AvgIpc) is 3.08. The van der Waals surface area contributed by atoms with Gasteiger partial charge in [0.15, 0.2) is 0 Å². The molecule has 2 rings (SSSR count). The molecule has 1 aliphatic carbocycles. The number of hydrogen-bond donors (Lipinski definition) is 0. The molecule has 0 N–H and O–H groups in total. The second-order valence-corrected chi connectivity index (χ2v) is 4.76. The Bertz CT molecular complexity index is 368. The largest absolute Gasteiger partial charge is 0.481 e. The van der Waals surface area contributed by atoms with E-state index in [2.05, 4.69) is 30.8 Å². The van der Waals surface area contributed by atoms with Gasteiger partial charge in [0.25, 0.3) is 0 Å². The molecule has 1 saturated carbocycles. The van der Waals surface area contributed by atoms with Gasteiger partial charge in [-0.3, -0.25) is 0 Å². The molecule has 0 aliphatic heterocycles. The van der Waals surface area contributed by atoms with Gasteiger partial charge in [-0.1, -0.05) is 15.9 Å². The molecule has 1 aliphatic rings. The van der Waals surface area contributed by atoms with Crippen molar-refractivity contribution in [3.05, 3.63) is 11.8 Å². The number of anilines is 1. The summed E-state index contributed by atoms with van der Waals surface area (Å²) in [4.78, 5) is 11.1. The van der Waals surface area contributed by atoms with E-state index in [0.29, 0.717) is 11.9 Å². The van der Waals surface area contributed by atoms with Crippen molar-refractivity contribution in [1.29, 1.82) is 0 Å². The van der Waals surface area contributed by atoms with Gasteiger partial charge in [0.05, 0.1) is 7.11 Å². The van der Waals surface area contributed by atoms with Crippen molar-refractivity contribution in [2.24, 2.45) is 0 Å². The van der Waals surface area contributed by atoms with E-state index in [-0.39, 0.29) is 0 Å². The third kappa shape index (κ3) is 2.64. The molecule has 4 nitrogen and oxygen atoms in total. The maximum absolute atomic E-state index is 5.17. The van der Waals surface area contributed by atoms with Crippen molar-refractivity contribution in [2.45, 2.75) is 25.8 Å². The lowest BCUT2D eigenvalue weighted by atomic mass is 10.4. The minimum absolute atomic E-state index is 0.615. The number of methoxy groups -OCH3 is 1. The van der Waals surface area contributed by atoms with Crippen LogP contribution in [0.25, 0.3) is 0 Å². The van der Waals surface area contributed by atoms with Crippen LogP contribution in [0, 0.1) is 6.92 Å². The quantitative estimate of drug-likeness (QED) is 0.777. The number of alkyl halides is 1. The Labute approximate surface area is 104 Å². The second-order valence-electron chi connectivity index (χ2n) is 3.97. The van der Waals surface area contributed by atoms with Crippen molar-refractivity contribution in [1.82, 2.24) is 9.97 Å². The van der Waals surface area contributed by atoms with Crippen LogP contribution in [0.3, 0.4) is 0 Å². The molecule has 88 valence electrons. The fourth-order valence-corrected chi connectivity index (χ4v) is 2.06. The number of aryl methyl sites for hydroxylation is 1. The highest BCUT2D eigenvalue weighted by Crippen LogP contribution is 2.30. The fourth-order valence-electron chi connectivity index (χ4n) is 1.68. The highest BCUT2D eigenvalue weighted by molar-refractivity contribution is 9.09. The van der Waals surface area contributed by atoms with E-state index in [9.17, 15) is 0 Å². The zero-order valence-electron chi connectivity index (χ0n) is 9.61. The topological polar surface area (TPSA) is 38.2 Å². The van der Waals surface area contributed by atoms with E-state index >= 15 is 0 Å². The van der Waals surface area contributed by atoms with E-state index in [1.165, 1.54) is 12.8 Å². The normalized spacial score (nSPS) is 14.9. The van der Waals surface area contributed by atoms with E-state index in [1.807, 2.05) is 13.0 Å². The first kappa shape index (κ1) is 11.6. The summed E-state index contributed by atoms with van der Waals surface area (Å²) in [5.41, 5.74) is 0.946. The standard InChI is InChI=1S/C11H16BrN3O/c1-8-7-10(16-2)14-11(13-8)15(6-5-12)9-3-4-9/h7,9H,3-6H2,1-2H3. The van der Waals surface area contributed by atoms with Crippen LogP contribution in [0.5, 0.6) is 5.88 Å². The van der Waals surface area contributed by atoms with Crippen LogP contribution in [0.1, 0.15) is 18.5 Å². The molecular formula is C11H16BrN3O. The molecule has 0 saturated heterocycles. The van der Waals surface area contributed by atoms with E-state index < -0.39 is 0 Å². The third-order valence-corrected chi connectivity index (χ3v) is 2.95. The Hall–Kier alpha value is -0.840. The molecule has 0 aromatic carbocycles. The first-order chi connectivity index (χ1) is 7.74. The molecular weight excluding hydrogens is 270 g/mol. The van der Waals surface area contributed by atoms with Crippen molar-refractivity contribution in [3.63, 3.8) is 0 Å². The first-order valence-corrected chi connectivity index (χ1v) is 6.59. The summed E-state index contributed by atoms with van der Waals surface area (Å²) >= 11 is 3.47. The fraction of sp³-hybridized carbons (Fsp3) is 0.636. The summed E-state index contributed by atoms with van der Waals surface area (Å²) in [6, 6.07) is 2.46. The summed E-state index contributed by atoms with van der Waals surface area (Å²) in [6.07, 6.45) is 2.49. The number of nitrogens with zero attached hydrogens (tertiary/aromatic N) is 3. The van der Waals surface area contributed by atoms with Crippen LogP contribution in [-0.4, -0.2) is 35.0 Å². The predicted octanol–water partition coefficient (Wildman–Crippen LogP) is 2.16. The highest BCUT2D eigenvalue weighted by Gasteiger charge is 2.30. The molecule has 0 amide bonds. The van der Waals surface area contributed by atoms with Crippen LogP contribution in [0.4, 0.5) is 5.95 Å². The van der Waals surface area contributed by atoms with Crippen molar-refractivity contribution >= 4 is 21.9 Å². The van der Waals surface area contributed by atoms with Crippen LogP contribution in [0.2, 0.25) is 0 Å². The van der Waals surface area contributed by atoms with Crippen molar-refractivity contribution in [2.75, 3.05) is 23.9 Å². The summed E-state index contributed by atoms with van der Waals surface area (Å²) < 4.78 is 5.17. The molecule has 0 unspecified atom stereocenters. The van der Waals surface area contributed by atoms with Gasteiger partial charge >= 0.3 is 0 Å². The van der Waals surface area contributed by atoms with Gasteiger partial charge in [0, 0.05) is 29.7 Å². The Morgan fingerprint density at radius 3 is 2.81 bits per heavy atom. The third-order valence-electron chi connectivity index (χ3n) is 2.60. The van der Waals surface area contributed by atoms with Gasteiger partial charge in [0.2, 0.25) is 11.8 Å². The lowest BCUT2D eigenvalue weighted by molar-refractivity contribution is 0.396. The van der Waals surface area contributed by atoms with Crippen LogP contribution in [-0.2, 0) is 0 Å². The molecule has 0 bridgehead atoms. The maximum atomic E-state index is 5.17. The van der Waals surface area contributed by atoms with E-state index in [4.69, 9.17) is 4.74 Å². The molecule has 0 atom stereocenters. The Kier molecular flexibility index (Phi) is 3.63. The smallest absolute Gasteiger partial charge is 0.229 e. The Morgan fingerprint density at radius 2 is 2.25 bits per heavy atom. The van der Waals surface area contributed by atoms with Gasteiger partial charge in [-0.2, -0.15) is 4.98 Å². The molecule has 16 heavy (non-hydrogen) atoms. The van der Waals surface area contributed by atoms with Crippen molar-refractivity contribution in [3.8, 4) is 5.88 Å². The zero-order chi connectivity index (χ0) is 11.5. The predicted molar refractivity (Wildman–Crippen MR) is 67.5 cm³/mol. The van der Waals surface area contributed by atoms with E-state index in [1.54, 1.807) is 7.11 Å². The minimum Gasteiger partial charge on any atom is -0.481 e. The van der Waals surface area contributed by atoms with Gasteiger partial charge in [-0.05, 0) is 19.8 Å². The molecule has 0 radical (unpaired) electrons. The molecule has 5 heteroatoms. The second kappa shape index (κ2) is 4.99. The monoisotopic (exact) mass is 285 g/mol.